The van der Waals surface area contributed by atoms with E-state index in [1.54, 1.807) is 0 Å². The van der Waals surface area contributed by atoms with E-state index in [1.807, 2.05) is 24.3 Å². The molecule has 0 aromatic heterocycles. The van der Waals surface area contributed by atoms with Crippen LogP contribution >= 0.6 is 0 Å². The Kier molecular flexibility index (Phi) is 4.84. The first-order valence-corrected chi connectivity index (χ1v) is 5.13. The molecular formula is C12H16O3. The van der Waals surface area contributed by atoms with Gasteiger partial charge in [0.15, 0.2) is 0 Å². The molecule has 0 saturated heterocycles. The van der Waals surface area contributed by atoms with Gasteiger partial charge in [0.05, 0.1) is 0 Å². The van der Waals surface area contributed by atoms with E-state index >= 15 is 0 Å². The molecule has 3 nitrogen and oxygen atoms in total. The maximum Gasteiger partial charge on any atom is 0.303 e. The number of aliphatic hydroxyl groups excluding tert-OH is 1. The molecule has 1 aromatic rings. The lowest BCUT2D eigenvalue weighted by Crippen LogP contribution is -2.01. The van der Waals surface area contributed by atoms with Crippen molar-refractivity contribution in [2.75, 3.05) is 6.61 Å². The zero-order chi connectivity index (χ0) is 11.1. The van der Waals surface area contributed by atoms with Crippen LogP contribution in [0.5, 0.6) is 0 Å². The van der Waals surface area contributed by atoms with Crippen molar-refractivity contribution in [2.45, 2.75) is 25.7 Å². The summed E-state index contributed by atoms with van der Waals surface area (Å²) in [4.78, 5) is 10.5. The number of benzene rings is 1. The van der Waals surface area contributed by atoms with Gasteiger partial charge in [-0.2, -0.15) is 0 Å². The molecule has 0 unspecified atom stereocenters. The van der Waals surface area contributed by atoms with Gasteiger partial charge in [0, 0.05) is 13.0 Å². The molecule has 0 atom stereocenters. The highest BCUT2D eigenvalue weighted by atomic mass is 16.4. The minimum absolute atomic E-state index is 0.163. The van der Waals surface area contributed by atoms with Crippen molar-refractivity contribution in [3.05, 3.63) is 35.4 Å². The van der Waals surface area contributed by atoms with Gasteiger partial charge in [-0.3, -0.25) is 4.79 Å². The SMILES string of the molecule is O=C(O)CCc1ccccc1CCCO. The highest BCUT2D eigenvalue weighted by Gasteiger charge is 2.03. The van der Waals surface area contributed by atoms with Gasteiger partial charge in [-0.15, -0.1) is 0 Å². The van der Waals surface area contributed by atoms with Crippen LogP contribution in [0.2, 0.25) is 0 Å². The van der Waals surface area contributed by atoms with Crippen LogP contribution in [0.1, 0.15) is 24.0 Å². The molecule has 0 aliphatic carbocycles. The summed E-state index contributed by atoms with van der Waals surface area (Å²) in [6, 6.07) is 7.80. The molecule has 0 aliphatic rings. The fourth-order valence-corrected chi connectivity index (χ4v) is 1.56. The number of aryl methyl sites for hydroxylation is 2. The molecule has 0 heterocycles. The fraction of sp³-hybridized carbons (Fsp3) is 0.417. The Labute approximate surface area is 89.4 Å². The summed E-state index contributed by atoms with van der Waals surface area (Å²) < 4.78 is 0. The quantitative estimate of drug-likeness (QED) is 0.747. The number of carbonyl (C=O) groups is 1. The van der Waals surface area contributed by atoms with Gasteiger partial charge in [-0.25, -0.2) is 0 Å². The summed E-state index contributed by atoms with van der Waals surface area (Å²) in [5.74, 6) is -0.771. The second-order valence-electron chi connectivity index (χ2n) is 3.49. The zero-order valence-electron chi connectivity index (χ0n) is 8.65. The van der Waals surface area contributed by atoms with Gasteiger partial charge < -0.3 is 10.2 Å². The van der Waals surface area contributed by atoms with Crippen molar-refractivity contribution >= 4 is 5.97 Å². The Bertz CT molecular complexity index is 320. The van der Waals surface area contributed by atoms with Crippen molar-refractivity contribution in [3.63, 3.8) is 0 Å². The second kappa shape index (κ2) is 6.19. The first-order valence-electron chi connectivity index (χ1n) is 5.13. The predicted octanol–water partition coefficient (Wildman–Crippen LogP) is 1.63. The number of carboxylic acids is 1. The van der Waals surface area contributed by atoms with Crippen LogP contribution in [-0.2, 0) is 17.6 Å². The summed E-state index contributed by atoms with van der Waals surface area (Å²) in [7, 11) is 0. The van der Waals surface area contributed by atoms with E-state index in [0.717, 1.165) is 24.0 Å². The molecule has 82 valence electrons. The molecule has 2 N–H and O–H groups in total. The number of hydrogen-bond donors (Lipinski definition) is 2. The fourth-order valence-electron chi connectivity index (χ4n) is 1.56. The third-order valence-electron chi connectivity index (χ3n) is 2.33. The normalized spacial score (nSPS) is 10.2. The molecule has 1 rings (SSSR count). The number of hydrogen-bond acceptors (Lipinski definition) is 2. The van der Waals surface area contributed by atoms with Crippen LogP contribution in [0.25, 0.3) is 0 Å². The molecule has 0 bridgehead atoms. The van der Waals surface area contributed by atoms with Gasteiger partial charge in [0.1, 0.15) is 0 Å². The van der Waals surface area contributed by atoms with Crippen molar-refractivity contribution in [3.8, 4) is 0 Å². The summed E-state index contributed by atoms with van der Waals surface area (Å²) in [6.07, 6.45) is 2.27. The lowest BCUT2D eigenvalue weighted by Gasteiger charge is -2.07. The minimum atomic E-state index is -0.771. The second-order valence-corrected chi connectivity index (χ2v) is 3.49. The molecule has 0 radical (unpaired) electrons. The van der Waals surface area contributed by atoms with E-state index in [4.69, 9.17) is 10.2 Å². The van der Waals surface area contributed by atoms with Gasteiger partial charge in [0.2, 0.25) is 0 Å². The topological polar surface area (TPSA) is 57.5 Å². The molecule has 0 fully saturated rings. The van der Waals surface area contributed by atoms with Gasteiger partial charge in [0.25, 0.3) is 0 Å². The largest absolute Gasteiger partial charge is 0.481 e. The van der Waals surface area contributed by atoms with Crippen LogP contribution in [-0.4, -0.2) is 22.8 Å². The van der Waals surface area contributed by atoms with Crippen LogP contribution in [0.15, 0.2) is 24.3 Å². The molecule has 0 amide bonds. The van der Waals surface area contributed by atoms with Crippen LogP contribution < -0.4 is 0 Å². The number of aliphatic carboxylic acids is 1. The monoisotopic (exact) mass is 208 g/mol. The third kappa shape index (κ3) is 4.13. The van der Waals surface area contributed by atoms with Crippen LogP contribution in [0.4, 0.5) is 0 Å². The van der Waals surface area contributed by atoms with E-state index in [0.29, 0.717) is 6.42 Å². The van der Waals surface area contributed by atoms with Crippen LogP contribution in [0, 0.1) is 0 Å². The number of rotatable bonds is 6. The Balaban J connectivity index is 2.63. The number of aliphatic hydroxyl groups is 1. The summed E-state index contributed by atoms with van der Waals surface area (Å²) in [6.45, 7) is 0.174. The molecule has 1 aromatic carbocycles. The lowest BCUT2D eigenvalue weighted by atomic mass is 9.99. The summed E-state index contributed by atoms with van der Waals surface area (Å²) in [5, 5.41) is 17.3. The van der Waals surface area contributed by atoms with E-state index in [1.165, 1.54) is 0 Å². The third-order valence-corrected chi connectivity index (χ3v) is 2.33. The lowest BCUT2D eigenvalue weighted by molar-refractivity contribution is -0.136. The maximum absolute atomic E-state index is 10.5. The van der Waals surface area contributed by atoms with Gasteiger partial charge in [-0.1, -0.05) is 24.3 Å². The highest BCUT2D eigenvalue weighted by molar-refractivity contribution is 5.67. The van der Waals surface area contributed by atoms with Gasteiger partial charge >= 0.3 is 5.97 Å². The molecule has 3 heteroatoms. The summed E-state index contributed by atoms with van der Waals surface area (Å²) in [5.41, 5.74) is 2.22. The smallest absolute Gasteiger partial charge is 0.303 e. The molecular weight excluding hydrogens is 192 g/mol. The van der Waals surface area contributed by atoms with E-state index in [9.17, 15) is 4.79 Å². The molecule has 0 saturated carbocycles. The van der Waals surface area contributed by atoms with E-state index < -0.39 is 5.97 Å². The Morgan fingerprint density at radius 1 is 1.13 bits per heavy atom. The first kappa shape index (κ1) is 11.7. The van der Waals surface area contributed by atoms with Crippen molar-refractivity contribution in [1.82, 2.24) is 0 Å². The van der Waals surface area contributed by atoms with E-state index in [2.05, 4.69) is 0 Å². The number of carboxylic acid groups (broad SMARTS) is 1. The van der Waals surface area contributed by atoms with Crippen molar-refractivity contribution < 1.29 is 15.0 Å². The van der Waals surface area contributed by atoms with Crippen molar-refractivity contribution in [1.29, 1.82) is 0 Å². The molecule has 15 heavy (non-hydrogen) atoms. The Morgan fingerprint density at radius 2 is 1.73 bits per heavy atom. The Morgan fingerprint density at radius 3 is 2.27 bits per heavy atom. The predicted molar refractivity (Wildman–Crippen MR) is 57.8 cm³/mol. The summed E-state index contributed by atoms with van der Waals surface area (Å²) >= 11 is 0. The standard InChI is InChI=1S/C12H16O3/c13-9-3-6-10-4-1-2-5-11(10)7-8-12(14)15/h1-2,4-5,13H,3,6-9H2,(H,14,15). The maximum atomic E-state index is 10.5. The van der Waals surface area contributed by atoms with E-state index in [-0.39, 0.29) is 13.0 Å². The first-order chi connectivity index (χ1) is 7.24. The average Bonchev–Trinajstić information content (AvgIpc) is 2.24. The Hall–Kier alpha value is -1.35. The highest BCUT2D eigenvalue weighted by Crippen LogP contribution is 2.13. The van der Waals surface area contributed by atoms with Crippen molar-refractivity contribution in [2.24, 2.45) is 0 Å². The molecule has 0 aliphatic heterocycles. The minimum Gasteiger partial charge on any atom is -0.481 e. The average molecular weight is 208 g/mol. The van der Waals surface area contributed by atoms with Crippen LogP contribution in [0.3, 0.4) is 0 Å². The molecule has 0 spiro atoms. The zero-order valence-corrected chi connectivity index (χ0v) is 8.65. The van der Waals surface area contributed by atoms with Gasteiger partial charge in [-0.05, 0) is 30.4 Å².